The smallest absolute Gasteiger partial charge is 0.339 e. The number of amides is 2. The summed E-state index contributed by atoms with van der Waals surface area (Å²) in [6.07, 6.45) is 0. The first-order valence-electron chi connectivity index (χ1n) is 8.20. The summed E-state index contributed by atoms with van der Waals surface area (Å²) in [5, 5.41) is 0. The zero-order valence-corrected chi connectivity index (χ0v) is 15.1. The largest absolute Gasteiger partial charge is 0.486 e. The van der Waals surface area contributed by atoms with Gasteiger partial charge in [0.25, 0.3) is 11.8 Å². The predicted molar refractivity (Wildman–Crippen MR) is 94.0 cm³/mol. The van der Waals surface area contributed by atoms with E-state index in [1.54, 1.807) is 26.0 Å². The number of aromatic amines is 1. The van der Waals surface area contributed by atoms with Crippen molar-refractivity contribution in [3.8, 4) is 11.5 Å². The van der Waals surface area contributed by atoms with Crippen molar-refractivity contribution in [2.45, 2.75) is 13.8 Å². The summed E-state index contributed by atoms with van der Waals surface area (Å²) in [5.41, 5.74) is 6.35. The molecule has 9 heteroatoms. The zero-order valence-electron chi connectivity index (χ0n) is 15.1. The highest BCUT2D eigenvalue weighted by atomic mass is 16.6. The Balaban J connectivity index is 1.69. The maximum absolute atomic E-state index is 12.4. The number of aromatic nitrogens is 1. The summed E-state index contributed by atoms with van der Waals surface area (Å²) in [4.78, 5) is 39.3. The number of H-pyrrole nitrogens is 1. The van der Waals surface area contributed by atoms with Crippen LogP contribution in [-0.2, 0) is 4.74 Å². The monoisotopic (exact) mass is 373 g/mol. The lowest BCUT2D eigenvalue weighted by atomic mass is 10.1. The van der Waals surface area contributed by atoms with Gasteiger partial charge in [-0.3, -0.25) is 20.4 Å². The van der Waals surface area contributed by atoms with Gasteiger partial charge in [0.15, 0.2) is 11.5 Å². The number of nitrogens with one attached hydrogen (secondary N) is 3. The standard InChI is InChI=1S/C18H19N3O6/c1-9-14(18(24)25-3)10(2)19-15(9)17(23)21-20-16(22)11-4-5-12-13(8-11)27-7-6-26-12/h4-5,8,19H,6-7H2,1-3H3,(H,20,22)(H,21,23). The minimum Gasteiger partial charge on any atom is -0.486 e. The van der Waals surface area contributed by atoms with Crippen LogP contribution in [0.1, 0.15) is 42.5 Å². The first-order valence-corrected chi connectivity index (χ1v) is 8.20. The fraction of sp³-hybridized carbons (Fsp3) is 0.278. The van der Waals surface area contributed by atoms with Crippen LogP contribution in [0.5, 0.6) is 11.5 Å². The Hall–Kier alpha value is -3.49. The fourth-order valence-electron chi connectivity index (χ4n) is 2.82. The first-order chi connectivity index (χ1) is 12.9. The number of carbonyl (C=O) groups is 3. The fourth-order valence-corrected chi connectivity index (χ4v) is 2.82. The molecule has 9 nitrogen and oxygen atoms in total. The summed E-state index contributed by atoms with van der Waals surface area (Å²) in [5.74, 6) is -0.611. The van der Waals surface area contributed by atoms with Crippen LogP contribution in [0.25, 0.3) is 0 Å². The Morgan fingerprint density at radius 3 is 2.41 bits per heavy atom. The van der Waals surface area contributed by atoms with Crippen molar-refractivity contribution >= 4 is 17.8 Å². The van der Waals surface area contributed by atoms with Gasteiger partial charge in [0.1, 0.15) is 18.9 Å². The van der Waals surface area contributed by atoms with Gasteiger partial charge in [0, 0.05) is 11.3 Å². The molecule has 0 bridgehead atoms. The third kappa shape index (κ3) is 3.57. The number of rotatable bonds is 3. The topological polar surface area (TPSA) is 119 Å². The summed E-state index contributed by atoms with van der Waals surface area (Å²) in [6.45, 7) is 4.14. The van der Waals surface area contributed by atoms with Gasteiger partial charge in [-0.05, 0) is 37.6 Å². The third-order valence-corrected chi connectivity index (χ3v) is 4.15. The molecule has 0 spiro atoms. The highest BCUT2D eigenvalue weighted by molar-refractivity contribution is 6.02. The number of hydrazine groups is 1. The Morgan fingerprint density at radius 1 is 1.04 bits per heavy atom. The molecular formula is C18H19N3O6. The van der Waals surface area contributed by atoms with Crippen molar-refractivity contribution in [3.05, 3.63) is 46.3 Å². The lowest BCUT2D eigenvalue weighted by Crippen LogP contribution is -2.42. The van der Waals surface area contributed by atoms with E-state index >= 15 is 0 Å². The lowest BCUT2D eigenvalue weighted by molar-refractivity contribution is 0.0599. The molecule has 27 heavy (non-hydrogen) atoms. The van der Waals surface area contributed by atoms with E-state index in [1.807, 2.05) is 0 Å². The number of aryl methyl sites for hydroxylation is 1. The second kappa shape index (κ2) is 7.40. The van der Waals surface area contributed by atoms with Gasteiger partial charge in [0.2, 0.25) is 0 Å². The molecule has 3 N–H and O–H groups in total. The van der Waals surface area contributed by atoms with Crippen molar-refractivity contribution in [1.82, 2.24) is 15.8 Å². The predicted octanol–water partition coefficient (Wildman–Crippen LogP) is 1.26. The minimum atomic E-state index is -0.586. The molecule has 0 saturated heterocycles. The molecule has 2 amide bonds. The molecule has 2 heterocycles. The lowest BCUT2D eigenvalue weighted by Gasteiger charge is -2.18. The average molecular weight is 373 g/mol. The third-order valence-electron chi connectivity index (χ3n) is 4.15. The van der Waals surface area contributed by atoms with Gasteiger partial charge in [-0.15, -0.1) is 0 Å². The summed E-state index contributed by atoms with van der Waals surface area (Å²) in [6, 6.07) is 4.73. The molecule has 2 aromatic rings. The number of hydrogen-bond acceptors (Lipinski definition) is 6. The molecule has 0 saturated carbocycles. The van der Waals surface area contributed by atoms with E-state index in [2.05, 4.69) is 15.8 Å². The van der Waals surface area contributed by atoms with Crippen molar-refractivity contribution < 1.29 is 28.6 Å². The van der Waals surface area contributed by atoms with Gasteiger partial charge in [-0.2, -0.15) is 0 Å². The maximum Gasteiger partial charge on any atom is 0.339 e. The van der Waals surface area contributed by atoms with Crippen LogP contribution >= 0.6 is 0 Å². The number of hydrogen-bond donors (Lipinski definition) is 3. The maximum atomic E-state index is 12.4. The molecule has 0 unspecified atom stereocenters. The molecule has 0 atom stereocenters. The molecule has 3 rings (SSSR count). The summed E-state index contributed by atoms with van der Waals surface area (Å²) in [7, 11) is 1.27. The van der Waals surface area contributed by atoms with Crippen LogP contribution in [0.4, 0.5) is 0 Å². The van der Waals surface area contributed by atoms with Gasteiger partial charge in [-0.1, -0.05) is 0 Å². The molecule has 142 valence electrons. The van der Waals surface area contributed by atoms with E-state index in [0.29, 0.717) is 47.1 Å². The summed E-state index contributed by atoms with van der Waals surface area (Å²) >= 11 is 0. The van der Waals surface area contributed by atoms with Gasteiger partial charge in [-0.25, -0.2) is 4.79 Å². The molecule has 1 aromatic carbocycles. The molecule has 1 aromatic heterocycles. The van der Waals surface area contributed by atoms with E-state index in [0.717, 1.165) is 0 Å². The van der Waals surface area contributed by atoms with Crippen molar-refractivity contribution in [3.63, 3.8) is 0 Å². The van der Waals surface area contributed by atoms with Crippen LogP contribution in [0.2, 0.25) is 0 Å². The van der Waals surface area contributed by atoms with Crippen LogP contribution in [0.3, 0.4) is 0 Å². The van der Waals surface area contributed by atoms with E-state index < -0.39 is 17.8 Å². The van der Waals surface area contributed by atoms with Crippen LogP contribution in [0, 0.1) is 13.8 Å². The SMILES string of the molecule is COC(=O)c1c(C)[nH]c(C(=O)NNC(=O)c2ccc3c(c2)OCCO3)c1C. The quantitative estimate of drug-likeness (QED) is 0.551. The number of ether oxygens (including phenoxy) is 3. The molecule has 1 aliphatic rings. The average Bonchev–Trinajstić information content (AvgIpc) is 2.99. The molecular weight excluding hydrogens is 354 g/mol. The number of fused-ring (bicyclic) bond motifs is 1. The van der Waals surface area contributed by atoms with Gasteiger partial charge in [0.05, 0.1) is 12.7 Å². The summed E-state index contributed by atoms with van der Waals surface area (Å²) < 4.78 is 15.5. The molecule has 0 radical (unpaired) electrons. The van der Waals surface area contributed by atoms with E-state index in [4.69, 9.17) is 14.2 Å². The Morgan fingerprint density at radius 2 is 1.70 bits per heavy atom. The van der Waals surface area contributed by atoms with E-state index in [1.165, 1.54) is 13.2 Å². The minimum absolute atomic E-state index is 0.162. The highest BCUT2D eigenvalue weighted by Crippen LogP contribution is 2.30. The highest BCUT2D eigenvalue weighted by Gasteiger charge is 2.23. The zero-order chi connectivity index (χ0) is 19.6. The number of benzene rings is 1. The number of carbonyl (C=O) groups excluding carboxylic acids is 3. The molecule has 0 fully saturated rings. The first kappa shape index (κ1) is 18.3. The van der Waals surface area contributed by atoms with Crippen molar-refractivity contribution in [2.75, 3.05) is 20.3 Å². The van der Waals surface area contributed by atoms with Gasteiger partial charge < -0.3 is 19.2 Å². The Bertz CT molecular complexity index is 918. The van der Waals surface area contributed by atoms with E-state index in [-0.39, 0.29) is 5.69 Å². The number of methoxy groups -OCH3 is 1. The van der Waals surface area contributed by atoms with Gasteiger partial charge >= 0.3 is 5.97 Å². The van der Waals surface area contributed by atoms with Crippen LogP contribution < -0.4 is 20.3 Å². The van der Waals surface area contributed by atoms with Crippen LogP contribution in [0.15, 0.2) is 18.2 Å². The normalized spacial score (nSPS) is 12.3. The molecule has 1 aliphatic heterocycles. The van der Waals surface area contributed by atoms with E-state index in [9.17, 15) is 14.4 Å². The van der Waals surface area contributed by atoms with Crippen molar-refractivity contribution in [1.29, 1.82) is 0 Å². The second-order valence-corrected chi connectivity index (χ2v) is 5.88. The number of esters is 1. The molecule has 0 aliphatic carbocycles. The second-order valence-electron chi connectivity index (χ2n) is 5.88. The Labute approximate surface area is 155 Å². The van der Waals surface area contributed by atoms with Crippen molar-refractivity contribution in [2.24, 2.45) is 0 Å². The Kier molecular flexibility index (Phi) is 5.02. The van der Waals surface area contributed by atoms with Crippen LogP contribution in [-0.4, -0.2) is 43.1 Å².